The molecule has 2 rings (SSSR count). The summed E-state index contributed by atoms with van der Waals surface area (Å²) in [5.74, 6) is 3.99. The number of allylic oxidation sites excluding steroid dienone is 1. The monoisotopic (exact) mass is 205 g/mol. The predicted octanol–water partition coefficient (Wildman–Crippen LogP) is 4.91. The molecule has 0 aromatic rings. The van der Waals surface area contributed by atoms with Crippen molar-refractivity contribution in [3.63, 3.8) is 0 Å². The van der Waals surface area contributed by atoms with Gasteiger partial charge in [-0.15, -0.1) is 6.58 Å². The van der Waals surface area contributed by atoms with Gasteiger partial charge in [0.05, 0.1) is 0 Å². The fourth-order valence-electron chi connectivity index (χ4n) is 3.61. The van der Waals surface area contributed by atoms with Crippen LogP contribution in [0.3, 0.4) is 0 Å². The van der Waals surface area contributed by atoms with Crippen LogP contribution in [0.4, 0.5) is 0 Å². The molecule has 0 nitrogen and oxygen atoms in total. The van der Waals surface area contributed by atoms with E-state index in [1.165, 1.54) is 64.2 Å². The van der Waals surface area contributed by atoms with E-state index in [1.54, 1.807) is 0 Å². The molecule has 0 heteroatoms. The van der Waals surface area contributed by atoms with Crippen LogP contribution in [0, 0.1) is 17.8 Å². The van der Waals surface area contributed by atoms with Gasteiger partial charge in [-0.2, -0.15) is 0 Å². The van der Waals surface area contributed by atoms with Gasteiger partial charge < -0.3 is 0 Å². The Labute approximate surface area is 95.1 Å². The number of hydrogen-bond acceptors (Lipinski definition) is 0. The van der Waals surface area contributed by atoms with E-state index in [9.17, 15) is 0 Å². The second-order valence-electron chi connectivity index (χ2n) is 5.37. The van der Waals surface area contributed by atoms with Crippen molar-refractivity contribution in [1.29, 1.82) is 0 Å². The molecule has 0 spiro atoms. The largest absolute Gasteiger partial charge is 0.103 e. The third-order valence-electron chi connectivity index (χ3n) is 4.38. The van der Waals surface area contributed by atoms with E-state index >= 15 is 0 Å². The highest BCUT2D eigenvalue weighted by Crippen LogP contribution is 2.47. The number of unbranched alkanes of at least 4 members (excludes halogenated alkanes) is 1. The summed E-state index contributed by atoms with van der Waals surface area (Å²) in [6.45, 7) is 3.81. The SMILES string of the molecule is C=CCCC[C@H]1CCC[C]1C1CCCC1. The fourth-order valence-corrected chi connectivity index (χ4v) is 3.61. The Balaban J connectivity index is 1.78. The van der Waals surface area contributed by atoms with E-state index in [1.807, 2.05) is 5.92 Å². The lowest BCUT2D eigenvalue weighted by Gasteiger charge is -2.24. The smallest absolute Gasteiger partial charge is 0.0179 e. The molecule has 0 aromatic carbocycles. The van der Waals surface area contributed by atoms with Gasteiger partial charge in [0, 0.05) is 0 Å². The molecule has 0 aliphatic heterocycles. The summed E-state index contributed by atoms with van der Waals surface area (Å²) in [6.07, 6.45) is 16.5. The Morgan fingerprint density at radius 1 is 1.13 bits per heavy atom. The first-order valence-corrected chi connectivity index (χ1v) is 6.88. The lowest BCUT2D eigenvalue weighted by atomic mass is 9.80. The van der Waals surface area contributed by atoms with Gasteiger partial charge in [-0.3, -0.25) is 0 Å². The molecule has 0 N–H and O–H groups in total. The first-order valence-electron chi connectivity index (χ1n) is 6.88. The summed E-state index contributed by atoms with van der Waals surface area (Å²) in [4.78, 5) is 0. The van der Waals surface area contributed by atoms with E-state index < -0.39 is 0 Å². The van der Waals surface area contributed by atoms with Crippen molar-refractivity contribution in [3.8, 4) is 0 Å². The maximum atomic E-state index is 3.81. The van der Waals surface area contributed by atoms with Crippen molar-refractivity contribution in [2.75, 3.05) is 0 Å². The Morgan fingerprint density at radius 2 is 1.93 bits per heavy atom. The predicted molar refractivity (Wildman–Crippen MR) is 66.6 cm³/mol. The van der Waals surface area contributed by atoms with Crippen LogP contribution in [0.1, 0.15) is 64.2 Å². The van der Waals surface area contributed by atoms with E-state index in [0.29, 0.717) is 0 Å². The third kappa shape index (κ3) is 2.86. The van der Waals surface area contributed by atoms with E-state index in [2.05, 4.69) is 12.7 Å². The minimum absolute atomic E-state index is 0.994. The molecule has 1 radical (unpaired) electrons. The summed E-state index contributed by atoms with van der Waals surface area (Å²) < 4.78 is 0. The molecular weight excluding hydrogens is 180 g/mol. The number of hydrogen-bond donors (Lipinski definition) is 0. The molecule has 2 aliphatic rings. The maximum Gasteiger partial charge on any atom is -0.0179 e. The Morgan fingerprint density at radius 3 is 2.67 bits per heavy atom. The molecule has 0 unspecified atom stereocenters. The van der Waals surface area contributed by atoms with Crippen LogP contribution in [-0.4, -0.2) is 0 Å². The molecule has 2 aliphatic carbocycles. The topological polar surface area (TPSA) is 0 Å². The Kier molecular flexibility index (Phi) is 4.29. The second-order valence-corrected chi connectivity index (χ2v) is 5.37. The summed E-state index contributed by atoms with van der Waals surface area (Å²) in [6, 6.07) is 0. The van der Waals surface area contributed by atoms with Gasteiger partial charge in [-0.05, 0) is 62.7 Å². The van der Waals surface area contributed by atoms with Gasteiger partial charge >= 0.3 is 0 Å². The molecule has 0 amide bonds. The average molecular weight is 205 g/mol. The minimum atomic E-state index is 0.994. The van der Waals surface area contributed by atoms with Crippen LogP contribution in [0.25, 0.3) is 0 Å². The molecular formula is C15H25. The number of rotatable bonds is 5. The highest BCUT2D eigenvalue weighted by atomic mass is 14.4. The highest BCUT2D eigenvalue weighted by molar-refractivity contribution is 5.07. The van der Waals surface area contributed by atoms with Crippen LogP contribution in [0.2, 0.25) is 0 Å². The van der Waals surface area contributed by atoms with E-state index in [-0.39, 0.29) is 0 Å². The normalized spacial score (nSPS) is 28.7. The van der Waals surface area contributed by atoms with Gasteiger partial charge in [-0.1, -0.05) is 25.3 Å². The Hall–Kier alpha value is -0.260. The zero-order valence-corrected chi connectivity index (χ0v) is 10.0. The summed E-state index contributed by atoms with van der Waals surface area (Å²) in [5.41, 5.74) is 0. The van der Waals surface area contributed by atoms with E-state index in [4.69, 9.17) is 0 Å². The molecule has 0 heterocycles. The summed E-state index contributed by atoms with van der Waals surface area (Å²) in [5, 5.41) is 0. The quantitative estimate of drug-likeness (QED) is 0.442. The average Bonchev–Trinajstić information content (AvgIpc) is 2.87. The molecule has 85 valence electrons. The van der Waals surface area contributed by atoms with Crippen LogP contribution < -0.4 is 0 Å². The van der Waals surface area contributed by atoms with Crippen molar-refractivity contribution in [3.05, 3.63) is 18.6 Å². The van der Waals surface area contributed by atoms with Crippen molar-refractivity contribution >= 4 is 0 Å². The second kappa shape index (κ2) is 5.72. The Bertz CT molecular complexity index is 188. The first-order chi connectivity index (χ1) is 7.42. The molecule has 15 heavy (non-hydrogen) atoms. The molecule has 0 bridgehead atoms. The van der Waals surface area contributed by atoms with Crippen LogP contribution in [0.15, 0.2) is 12.7 Å². The van der Waals surface area contributed by atoms with Gasteiger partial charge in [0.15, 0.2) is 0 Å². The molecule has 2 fully saturated rings. The standard InChI is InChI=1S/C15H25/c1-2-3-4-8-14-11-7-12-15(14)13-9-5-6-10-13/h2,13-14H,1,3-12H2/t14-/m0/s1. The van der Waals surface area contributed by atoms with Crippen molar-refractivity contribution in [2.24, 2.45) is 11.8 Å². The van der Waals surface area contributed by atoms with Gasteiger partial charge in [0.25, 0.3) is 0 Å². The van der Waals surface area contributed by atoms with Crippen LogP contribution >= 0.6 is 0 Å². The molecule has 0 saturated heterocycles. The maximum absolute atomic E-state index is 3.81. The summed E-state index contributed by atoms with van der Waals surface area (Å²) in [7, 11) is 0. The van der Waals surface area contributed by atoms with Crippen molar-refractivity contribution in [1.82, 2.24) is 0 Å². The summed E-state index contributed by atoms with van der Waals surface area (Å²) >= 11 is 0. The van der Waals surface area contributed by atoms with Gasteiger partial charge in [0.2, 0.25) is 0 Å². The molecule has 0 aromatic heterocycles. The zero-order valence-electron chi connectivity index (χ0n) is 10.0. The van der Waals surface area contributed by atoms with Crippen LogP contribution in [-0.2, 0) is 0 Å². The van der Waals surface area contributed by atoms with Crippen LogP contribution in [0.5, 0.6) is 0 Å². The lowest BCUT2D eigenvalue weighted by Crippen LogP contribution is -2.14. The van der Waals surface area contributed by atoms with Crippen molar-refractivity contribution < 1.29 is 0 Å². The van der Waals surface area contributed by atoms with Gasteiger partial charge in [-0.25, -0.2) is 0 Å². The highest BCUT2D eigenvalue weighted by Gasteiger charge is 2.34. The minimum Gasteiger partial charge on any atom is -0.103 e. The zero-order chi connectivity index (χ0) is 10.5. The van der Waals surface area contributed by atoms with E-state index in [0.717, 1.165) is 11.8 Å². The molecule has 2 saturated carbocycles. The fraction of sp³-hybridized carbons (Fsp3) is 0.800. The third-order valence-corrected chi connectivity index (χ3v) is 4.38. The first kappa shape index (κ1) is 11.2. The molecule has 1 atom stereocenters. The lowest BCUT2D eigenvalue weighted by molar-refractivity contribution is 0.419. The van der Waals surface area contributed by atoms with Gasteiger partial charge in [0.1, 0.15) is 0 Å². The van der Waals surface area contributed by atoms with Crippen molar-refractivity contribution in [2.45, 2.75) is 64.2 Å².